The molecule has 24 heavy (non-hydrogen) atoms. The molecule has 0 bridgehead atoms. The van der Waals surface area contributed by atoms with Crippen LogP contribution in [0, 0.1) is 4.91 Å². The molecule has 3 rings (SSSR count). The van der Waals surface area contributed by atoms with E-state index >= 15 is 0 Å². The van der Waals surface area contributed by atoms with Gasteiger partial charge in [-0.1, -0.05) is 0 Å². The van der Waals surface area contributed by atoms with Crippen molar-refractivity contribution in [2.24, 2.45) is 10.7 Å². The van der Waals surface area contributed by atoms with Crippen LogP contribution in [0.1, 0.15) is 18.0 Å². The zero-order valence-electron chi connectivity index (χ0n) is 12.3. The first kappa shape index (κ1) is 17.5. The highest BCUT2D eigenvalue weighted by Gasteiger charge is 2.45. The van der Waals surface area contributed by atoms with Crippen molar-refractivity contribution in [2.75, 3.05) is 18.6 Å². The van der Waals surface area contributed by atoms with Crippen LogP contribution in [0.2, 0.25) is 0 Å². The highest BCUT2D eigenvalue weighted by molar-refractivity contribution is 7.51. The molecule has 0 radical (unpaired) electrons. The van der Waals surface area contributed by atoms with Crippen molar-refractivity contribution in [1.29, 1.82) is 0 Å². The monoisotopic (exact) mass is 363 g/mol. The summed E-state index contributed by atoms with van der Waals surface area (Å²) in [5.41, 5.74) is 6.68. The molecule has 2 unspecified atom stereocenters. The molecule has 2 aliphatic rings. The minimum absolute atomic E-state index is 0.385. The van der Waals surface area contributed by atoms with Gasteiger partial charge >= 0.3 is 7.75 Å². The maximum absolute atomic E-state index is 11.1. The van der Waals surface area contributed by atoms with Gasteiger partial charge in [0.15, 0.2) is 6.23 Å². The molecule has 1 aromatic rings. The second kappa shape index (κ2) is 6.50. The number of nitrogens with two attached hydrogens (primary N) is 1. The number of aromatic nitrogens is 1. The summed E-state index contributed by atoms with van der Waals surface area (Å²) in [5, 5.41) is 26.3. The van der Waals surface area contributed by atoms with Gasteiger partial charge in [-0.15, -0.1) is 4.91 Å². The topological polar surface area (TPSA) is 181 Å². The van der Waals surface area contributed by atoms with Gasteiger partial charge in [-0.3, -0.25) is 9.84 Å². The van der Waals surface area contributed by atoms with Gasteiger partial charge in [0.1, 0.15) is 24.1 Å². The lowest BCUT2D eigenvalue weighted by molar-refractivity contribution is -0.0491. The molecular weight excluding hydrogens is 345 g/mol. The first-order chi connectivity index (χ1) is 11.3. The van der Waals surface area contributed by atoms with Crippen molar-refractivity contribution in [1.82, 2.24) is 9.88 Å². The Hall–Kier alpha value is -1.37. The van der Waals surface area contributed by atoms with Crippen molar-refractivity contribution < 1.29 is 28.9 Å². The van der Waals surface area contributed by atoms with E-state index in [1.54, 1.807) is 16.8 Å². The predicted octanol–water partition coefficient (Wildman–Crippen LogP) is -1.08. The van der Waals surface area contributed by atoms with Gasteiger partial charge in [-0.25, -0.2) is 4.57 Å². The van der Waals surface area contributed by atoms with E-state index in [9.17, 15) is 19.7 Å². The summed E-state index contributed by atoms with van der Waals surface area (Å²) < 4.78 is 22.6. The van der Waals surface area contributed by atoms with Gasteiger partial charge < -0.3 is 35.5 Å². The van der Waals surface area contributed by atoms with Crippen LogP contribution in [0.3, 0.4) is 0 Å². The SMILES string of the molecule is NC1NCNc2c1ccn2[C@H]1O[C@@H](COP(=O)(O)N=O)[C@H](O)[C@@H]1O. The van der Waals surface area contributed by atoms with E-state index in [0.717, 1.165) is 5.56 Å². The lowest BCUT2D eigenvalue weighted by atomic mass is 10.1. The Morgan fingerprint density at radius 3 is 2.96 bits per heavy atom. The van der Waals surface area contributed by atoms with Crippen LogP contribution in [0.5, 0.6) is 0 Å². The Morgan fingerprint density at radius 1 is 1.50 bits per heavy atom. The van der Waals surface area contributed by atoms with Crippen LogP contribution >= 0.6 is 7.75 Å². The van der Waals surface area contributed by atoms with E-state index in [-0.39, 0.29) is 6.17 Å². The molecule has 1 saturated heterocycles. The summed E-state index contributed by atoms with van der Waals surface area (Å²) in [5.74, 6) is 0.626. The van der Waals surface area contributed by atoms with E-state index in [2.05, 4.69) is 15.2 Å². The van der Waals surface area contributed by atoms with Gasteiger partial charge in [0.25, 0.3) is 0 Å². The van der Waals surface area contributed by atoms with Crippen LogP contribution in [0.15, 0.2) is 17.2 Å². The number of rotatable bonds is 5. The minimum Gasteiger partial charge on any atom is -0.387 e. The summed E-state index contributed by atoms with van der Waals surface area (Å²) in [6.45, 7) is -0.166. The standard InChI is InChI=1S/C11H18N5O7P/c12-9-5-1-2-16(10(5)14-4-13-9)11-8(18)7(17)6(23-11)3-22-24(20,21)15-19/h1-2,6-9,11,13-14,17-18H,3-4,12H2,(H,20,21)/t6-,7-,8-,9?,11-/m0/s1. The Kier molecular flexibility index (Phi) is 4.73. The molecule has 0 aliphatic carbocycles. The number of ether oxygens (including phenoxy) is 1. The van der Waals surface area contributed by atoms with Crippen LogP contribution in [-0.2, 0) is 13.8 Å². The highest BCUT2D eigenvalue weighted by atomic mass is 31.2. The summed E-state index contributed by atoms with van der Waals surface area (Å²) in [6.07, 6.45) is -3.51. The fourth-order valence-electron chi connectivity index (χ4n) is 2.76. The molecule has 2 aliphatic heterocycles. The fraction of sp³-hybridized carbons (Fsp3) is 0.636. The predicted molar refractivity (Wildman–Crippen MR) is 80.5 cm³/mol. The van der Waals surface area contributed by atoms with Crippen molar-refractivity contribution in [3.8, 4) is 0 Å². The Balaban J connectivity index is 1.76. The molecule has 12 nitrogen and oxygen atoms in total. The molecule has 13 heteroatoms. The number of fused-ring (bicyclic) bond motifs is 1. The molecule has 3 heterocycles. The molecular formula is C11H18N5O7P. The lowest BCUT2D eigenvalue weighted by Gasteiger charge is -2.26. The highest BCUT2D eigenvalue weighted by Crippen LogP contribution is 2.44. The zero-order chi connectivity index (χ0) is 17.5. The molecule has 1 aromatic heterocycles. The average Bonchev–Trinajstić information content (AvgIpc) is 3.10. The molecule has 134 valence electrons. The number of hydrogen-bond donors (Lipinski definition) is 6. The summed E-state index contributed by atoms with van der Waals surface area (Å²) >= 11 is 0. The summed E-state index contributed by atoms with van der Waals surface area (Å²) in [7, 11) is -4.63. The number of anilines is 1. The van der Waals surface area contributed by atoms with E-state index in [0.29, 0.717) is 12.5 Å². The number of aliphatic hydroxyl groups is 2. The van der Waals surface area contributed by atoms with Crippen LogP contribution in [0.4, 0.5) is 5.82 Å². The quantitative estimate of drug-likeness (QED) is 0.278. The van der Waals surface area contributed by atoms with E-state index in [1.807, 2.05) is 4.95 Å². The Labute approximate surface area is 136 Å². The van der Waals surface area contributed by atoms with E-state index < -0.39 is 38.9 Å². The molecule has 1 fully saturated rings. The molecule has 0 saturated carbocycles. The maximum Gasteiger partial charge on any atom is 0.487 e. The average molecular weight is 363 g/mol. The van der Waals surface area contributed by atoms with Gasteiger partial charge in [0, 0.05) is 16.7 Å². The third-order valence-electron chi connectivity index (χ3n) is 3.98. The van der Waals surface area contributed by atoms with Gasteiger partial charge in [-0.05, 0) is 6.07 Å². The van der Waals surface area contributed by atoms with Crippen molar-refractivity contribution in [3.05, 3.63) is 22.7 Å². The molecule has 0 spiro atoms. The molecule has 7 N–H and O–H groups in total. The molecule has 0 aromatic carbocycles. The Morgan fingerprint density at radius 2 is 2.25 bits per heavy atom. The van der Waals surface area contributed by atoms with Crippen molar-refractivity contribution in [3.63, 3.8) is 0 Å². The minimum atomic E-state index is -4.63. The van der Waals surface area contributed by atoms with Gasteiger partial charge in [0.2, 0.25) is 0 Å². The molecule has 6 atom stereocenters. The third kappa shape index (κ3) is 3.10. The van der Waals surface area contributed by atoms with Crippen LogP contribution < -0.4 is 16.4 Å². The number of nitrogens with one attached hydrogen (secondary N) is 2. The number of hydrogen-bond acceptors (Lipinski definition) is 9. The first-order valence-corrected chi connectivity index (χ1v) is 8.64. The zero-order valence-corrected chi connectivity index (χ0v) is 13.2. The largest absolute Gasteiger partial charge is 0.487 e. The number of aliphatic hydroxyl groups excluding tert-OH is 2. The van der Waals surface area contributed by atoms with Crippen LogP contribution in [-0.4, -0.2) is 51.3 Å². The van der Waals surface area contributed by atoms with Gasteiger partial charge in [0.05, 0.1) is 19.4 Å². The van der Waals surface area contributed by atoms with Crippen molar-refractivity contribution >= 4 is 13.6 Å². The normalized spacial score (nSPS) is 35.1. The maximum atomic E-state index is 11.1. The fourth-order valence-corrected chi connectivity index (χ4v) is 3.15. The second-order valence-electron chi connectivity index (χ2n) is 5.48. The van der Waals surface area contributed by atoms with Crippen molar-refractivity contribution in [2.45, 2.75) is 30.7 Å². The van der Waals surface area contributed by atoms with E-state index in [1.165, 1.54) is 0 Å². The first-order valence-electron chi connectivity index (χ1n) is 7.11. The summed E-state index contributed by atoms with van der Waals surface area (Å²) in [6, 6.07) is 1.74. The lowest BCUT2D eigenvalue weighted by Crippen LogP contribution is -2.38. The Bertz CT molecular complexity index is 669. The smallest absolute Gasteiger partial charge is 0.387 e. The second-order valence-corrected chi connectivity index (χ2v) is 6.88. The van der Waals surface area contributed by atoms with Gasteiger partial charge in [-0.2, -0.15) is 0 Å². The van der Waals surface area contributed by atoms with Crippen LogP contribution in [0.25, 0.3) is 0 Å². The third-order valence-corrected chi connectivity index (χ3v) is 4.67. The molecule has 0 amide bonds. The number of nitroso groups, excluding NO2 is 1. The summed E-state index contributed by atoms with van der Waals surface area (Å²) in [4.78, 5) is 21.1. The van der Waals surface area contributed by atoms with E-state index in [4.69, 9.17) is 15.4 Å². The number of nitrogens with zero attached hydrogens (tertiary/aromatic N) is 2.